The van der Waals surface area contributed by atoms with Crippen LogP contribution in [0.3, 0.4) is 0 Å². The number of allylic oxidation sites excluding steroid dienone is 2. The maximum atomic E-state index is 13.2. The number of fused-ring (bicyclic) bond motifs is 1. The molecule has 0 saturated carbocycles. The third-order valence-corrected chi connectivity index (χ3v) is 16.9. The van der Waals surface area contributed by atoms with Crippen molar-refractivity contribution in [1.82, 2.24) is 24.2 Å². The molecule has 4 atom stereocenters. The minimum atomic E-state index is -3.36. The van der Waals surface area contributed by atoms with E-state index in [0.29, 0.717) is 33.3 Å². The van der Waals surface area contributed by atoms with Crippen molar-refractivity contribution in [2.75, 3.05) is 32.7 Å². The molecule has 0 bridgehead atoms. The highest BCUT2D eigenvalue weighted by Crippen LogP contribution is 2.63. The summed E-state index contributed by atoms with van der Waals surface area (Å²) in [5.41, 5.74) is 11.7. The minimum Gasteiger partial charge on any atom is -0.497 e. The SMILES string of the molecule is COc1ccc(C(OC[C@H]2O[C@@H](n3cnc4c(N)ncnc43)C[C@@H]2O[P+](O)(CC=CC[Si]C(c2ccccc2)c2ccccc2)N(C(C)C)C(C)C)(c2ccccc2)c2ccc(OC)cc2)cc1. The molecule has 1 saturated heterocycles. The zero-order chi connectivity index (χ0) is 47.7. The molecule has 352 valence electrons. The molecule has 0 aliphatic carbocycles. The molecule has 14 heteroatoms. The van der Waals surface area contributed by atoms with Gasteiger partial charge in [-0.05, 0) is 97.4 Å². The number of nitrogens with two attached hydrogens (primary N) is 1. The average molecular weight is 950 g/mol. The molecule has 3 heterocycles. The van der Waals surface area contributed by atoms with Crippen LogP contribution in [0, 0.1) is 0 Å². The predicted molar refractivity (Wildman–Crippen MR) is 272 cm³/mol. The van der Waals surface area contributed by atoms with Crippen molar-refractivity contribution in [2.24, 2.45) is 0 Å². The molecule has 1 fully saturated rings. The zero-order valence-electron chi connectivity index (χ0n) is 39.6. The van der Waals surface area contributed by atoms with Gasteiger partial charge >= 0.3 is 7.87 Å². The van der Waals surface area contributed by atoms with Crippen molar-refractivity contribution in [3.05, 3.63) is 192 Å². The first kappa shape index (κ1) is 48.7. The summed E-state index contributed by atoms with van der Waals surface area (Å²) in [6.45, 7) is 8.52. The van der Waals surface area contributed by atoms with Crippen LogP contribution in [0.5, 0.6) is 11.5 Å². The minimum absolute atomic E-state index is 0.0230. The lowest BCUT2D eigenvalue weighted by Crippen LogP contribution is -2.42. The van der Waals surface area contributed by atoms with E-state index in [9.17, 15) is 4.89 Å². The van der Waals surface area contributed by atoms with E-state index in [4.69, 9.17) is 29.2 Å². The third-order valence-electron chi connectivity index (χ3n) is 12.5. The van der Waals surface area contributed by atoms with Gasteiger partial charge in [0.05, 0.1) is 36.7 Å². The fourth-order valence-corrected chi connectivity index (χ4v) is 13.7. The Morgan fingerprint density at radius 2 is 1.31 bits per heavy atom. The normalized spacial score (nSPS) is 17.5. The van der Waals surface area contributed by atoms with E-state index in [1.54, 1.807) is 20.5 Å². The number of imidazole rings is 1. The van der Waals surface area contributed by atoms with Crippen LogP contribution in [0.15, 0.2) is 164 Å². The van der Waals surface area contributed by atoms with Crippen LogP contribution in [-0.2, 0) is 19.6 Å². The summed E-state index contributed by atoms with van der Waals surface area (Å²) >= 11 is 0. The maximum absolute atomic E-state index is 13.2. The molecule has 1 aliphatic heterocycles. The van der Waals surface area contributed by atoms with Gasteiger partial charge in [0, 0.05) is 18.5 Å². The smallest absolute Gasteiger partial charge is 0.350 e. The Labute approximate surface area is 403 Å². The van der Waals surface area contributed by atoms with Gasteiger partial charge < -0.3 is 24.7 Å². The Morgan fingerprint density at radius 1 is 0.765 bits per heavy atom. The second-order valence-corrected chi connectivity index (χ2v) is 21.2. The lowest BCUT2D eigenvalue weighted by Gasteiger charge is -2.38. The molecule has 7 aromatic rings. The second kappa shape index (κ2) is 22.1. The van der Waals surface area contributed by atoms with Crippen LogP contribution in [0.4, 0.5) is 5.82 Å². The number of benzene rings is 5. The summed E-state index contributed by atoms with van der Waals surface area (Å²) in [6.07, 6.45) is 6.28. The summed E-state index contributed by atoms with van der Waals surface area (Å²) < 4.78 is 37.0. The summed E-state index contributed by atoms with van der Waals surface area (Å²) in [6, 6.07) is 48.3. The first-order chi connectivity index (χ1) is 33.0. The molecule has 8 rings (SSSR count). The number of anilines is 1. The lowest BCUT2D eigenvalue weighted by molar-refractivity contribution is -0.0915. The quantitative estimate of drug-likeness (QED) is 0.0308. The molecule has 1 unspecified atom stereocenters. The Balaban J connectivity index is 1.15. The van der Waals surface area contributed by atoms with Gasteiger partial charge in [0.15, 0.2) is 11.5 Å². The van der Waals surface area contributed by atoms with Crippen LogP contribution >= 0.6 is 7.87 Å². The molecule has 12 nitrogen and oxygen atoms in total. The topological polar surface area (TPSA) is 139 Å². The Hall–Kier alpha value is -5.76. The van der Waals surface area contributed by atoms with Crippen LogP contribution in [-0.4, -0.2) is 89.9 Å². The van der Waals surface area contributed by atoms with E-state index in [2.05, 4.69) is 132 Å². The number of nitrogen functional groups attached to an aromatic ring is 1. The predicted octanol–water partition coefficient (Wildman–Crippen LogP) is 10.4. The van der Waals surface area contributed by atoms with E-state index < -0.39 is 31.9 Å². The lowest BCUT2D eigenvalue weighted by atomic mass is 9.80. The van der Waals surface area contributed by atoms with Gasteiger partial charge in [0.25, 0.3) is 0 Å². The summed E-state index contributed by atoms with van der Waals surface area (Å²) in [5.74, 6) is 1.73. The molecule has 68 heavy (non-hydrogen) atoms. The number of hydrogen-bond acceptors (Lipinski definition) is 11. The molecule has 3 N–H and O–H groups in total. The second-order valence-electron chi connectivity index (χ2n) is 17.5. The van der Waals surface area contributed by atoms with Crippen molar-refractivity contribution in [1.29, 1.82) is 0 Å². The highest BCUT2D eigenvalue weighted by Gasteiger charge is 2.54. The highest BCUT2D eigenvalue weighted by atomic mass is 31.2. The Morgan fingerprint density at radius 3 is 1.85 bits per heavy atom. The maximum Gasteiger partial charge on any atom is 0.350 e. The number of ether oxygens (including phenoxy) is 4. The number of aromatic nitrogens is 4. The van der Waals surface area contributed by atoms with Crippen molar-refractivity contribution in [3.63, 3.8) is 0 Å². The number of nitrogens with zero attached hydrogens (tertiary/aromatic N) is 5. The van der Waals surface area contributed by atoms with E-state index in [1.807, 2.05) is 71.3 Å². The van der Waals surface area contributed by atoms with Gasteiger partial charge in [-0.3, -0.25) is 4.57 Å². The van der Waals surface area contributed by atoms with Crippen LogP contribution in [0.25, 0.3) is 11.2 Å². The standard InChI is InChI=1S/C54H62N6O6PSi/c1-38(2)60(39(3)4)67(61,32-16-17-33-68-51(40-18-10-7-11-19-40)41-20-12-8-13-21-41)66-47-34-49(59-37-58-50-52(55)56-36-57-53(50)59)65-48(47)35-64-54(42-22-14-9-15-23-42,43-24-28-45(62-5)29-25-43)44-26-30-46(63-6)31-27-44/h7-31,36-39,47-49,51,61H,32-35H2,1-6H3,(H2,55,56,57)/q+1/t47-,48+,49+,67?/m0/s1. The molecule has 2 aromatic heterocycles. The number of methoxy groups -OCH3 is 2. The molecular formula is C54H62N6O6PSi+. The van der Waals surface area contributed by atoms with Crippen LogP contribution < -0.4 is 15.2 Å². The summed E-state index contributed by atoms with van der Waals surface area (Å²) in [7, 11) is 0.556. The van der Waals surface area contributed by atoms with Gasteiger partial charge in [0.2, 0.25) is 0 Å². The van der Waals surface area contributed by atoms with E-state index in [-0.39, 0.29) is 30.0 Å². The molecule has 1 aliphatic rings. The van der Waals surface area contributed by atoms with Crippen molar-refractivity contribution >= 4 is 34.4 Å². The first-order valence-corrected chi connectivity index (χ1v) is 26.3. The number of rotatable bonds is 21. The fraction of sp³-hybridized carbons (Fsp3) is 0.315. The molecule has 0 spiro atoms. The Bertz CT molecular complexity index is 2600. The first-order valence-electron chi connectivity index (χ1n) is 23.2. The van der Waals surface area contributed by atoms with Gasteiger partial charge in [-0.15, -0.1) is 4.67 Å². The fourth-order valence-electron chi connectivity index (χ4n) is 9.42. The van der Waals surface area contributed by atoms with E-state index in [0.717, 1.165) is 34.2 Å². The molecule has 5 aromatic carbocycles. The summed E-state index contributed by atoms with van der Waals surface area (Å²) in [4.78, 5) is 26.6. The number of hydrogen-bond donors (Lipinski definition) is 2. The average Bonchev–Trinajstić information content (AvgIpc) is 3.98. The third kappa shape index (κ3) is 10.6. The van der Waals surface area contributed by atoms with Crippen molar-refractivity contribution in [2.45, 2.75) is 81.8 Å². The highest BCUT2D eigenvalue weighted by molar-refractivity contribution is 7.63. The molecule has 2 radical (unpaired) electrons. The largest absolute Gasteiger partial charge is 0.497 e. The van der Waals surface area contributed by atoms with Gasteiger partial charge in [-0.25, -0.2) is 19.8 Å². The monoisotopic (exact) mass is 949 g/mol. The Kier molecular flexibility index (Phi) is 15.8. The van der Waals surface area contributed by atoms with Crippen LogP contribution in [0.1, 0.15) is 73.7 Å². The molecular weight excluding hydrogens is 888 g/mol. The van der Waals surface area contributed by atoms with E-state index >= 15 is 0 Å². The van der Waals surface area contributed by atoms with Crippen LogP contribution in [0.2, 0.25) is 6.04 Å². The summed E-state index contributed by atoms with van der Waals surface area (Å²) in [5, 5.41) is 0. The van der Waals surface area contributed by atoms with Crippen molar-refractivity contribution in [3.8, 4) is 11.5 Å². The van der Waals surface area contributed by atoms with E-state index in [1.165, 1.54) is 17.5 Å². The molecule has 0 amide bonds. The zero-order valence-corrected chi connectivity index (χ0v) is 41.5. The van der Waals surface area contributed by atoms with Gasteiger partial charge in [-0.2, -0.15) is 4.52 Å². The van der Waals surface area contributed by atoms with Gasteiger partial charge in [-0.1, -0.05) is 121 Å². The van der Waals surface area contributed by atoms with Gasteiger partial charge in [0.1, 0.15) is 53.5 Å². The van der Waals surface area contributed by atoms with Crippen molar-refractivity contribution < 1.29 is 28.4 Å².